The molecule has 0 aromatic carbocycles. The fourth-order valence-corrected chi connectivity index (χ4v) is 1.29. The molecule has 1 aromatic rings. The highest BCUT2D eigenvalue weighted by Crippen LogP contribution is 2.10. The number of hydrogen-bond donors (Lipinski definition) is 1. The number of rotatable bonds is 3. The second-order valence-electron chi connectivity index (χ2n) is 3.23. The third kappa shape index (κ3) is 2.09. The molecule has 1 atom stereocenters. The van der Waals surface area contributed by atoms with Gasteiger partial charge in [-0.15, -0.1) is 0 Å². The molecule has 0 bridgehead atoms. The summed E-state index contributed by atoms with van der Waals surface area (Å²) in [7, 11) is 0. The number of hydrogen-bond acceptors (Lipinski definition) is 6. The molecule has 0 amide bonds. The van der Waals surface area contributed by atoms with Gasteiger partial charge in [-0.3, -0.25) is 4.84 Å². The van der Waals surface area contributed by atoms with Crippen LogP contribution in [0.25, 0.3) is 0 Å². The summed E-state index contributed by atoms with van der Waals surface area (Å²) < 4.78 is 4.99. The van der Waals surface area contributed by atoms with Gasteiger partial charge in [0, 0.05) is 6.42 Å². The van der Waals surface area contributed by atoms with Gasteiger partial charge in [-0.25, -0.2) is 0 Å². The van der Waals surface area contributed by atoms with Crippen molar-refractivity contribution >= 4 is 0 Å². The molecule has 0 aliphatic carbocycles. The highest BCUT2D eigenvalue weighted by Gasteiger charge is 2.23. The Morgan fingerprint density at radius 1 is 1.64 bits per heavy atom. The molecule has 14 heavy (non-hydrogen) atoms. The van der Waals surface area contributed by atoms with Crippen LogP contribution in [0.1, 0.15) is 18.6 Å². The Kier molecular flexibility index (Phi) is 2.76. The molecule has 6 nitrogen and oxygen atoms in total. The van der Waals surface area contributed by atoms with E-state index in [1.807, 2.05) is 6.92 Å². The van der Waals surface area contributed by atoms with Gasteiger partial charge in [0.25, 0.3) is 0 Å². The molecule has 1 aromatic heterocycles. The van der Waals surface area contributed by atoms with Gasteiger partial charge >= 0.3 is 0 Å². The summed E-state index contributed by atoms with van der Waals surface area (Å²) >= 11 is 0. The zero-order chi connectivity index (χ0) is 9.97. The Balaban J connectivity index is 1.90. The van der Waals surface area contributed by atoms with E-state index in [0.717, 1.165) is 6.42 Å². The maximum absolute atomic E-state index is 9.20. The summed E-state index contributed by atoms with van der Waals surface area (Å²) in [4.78, 5) is 9.30. The van der Waals surface area contributed by atoms with Crippen molar-refractivity contribution in [2.75, 3.05) is 13.2 Å². The molecular weight excluding hydrogens is 186 g/mol. The van der Waals surface area contributed by atoms with Crippen LogP contribution in [0.2, 0.25) is 0 Å². The summed E-state index contributed by atoms with van der Waals surface area (Å²) in [5.41, 5.74) is 0. The summed E-state index contributed by atoms with van der Waals surface area (Å²) in [6, 6.07) is 0. The van der Waals surface area contributed by atoms with E-state index in [4.69, 9.17) is 9.36 Å². The van der Waals surface area contributed by atoms with Gasteiger partial charge < -0.3 is 9.63 Å². The van der Waals surface area contributed by atoms with Gasteiger partial charge in [-0.1, -0.05) is 12.1 Å². The van der Waals surface area contributed by atoms with Crippen molar-refractivity contribution in [1.29, 1.82) is 0 Å². The van der Waals surface area contributed by atoms with Crippen molar-refractivity contribution in [1.82, 2.24) is 15.2 Å². The quantitative estimate of drug-likeness (QED) is 0.723. The number of aromatic nitrogens is 2. The van der Waals surface area contributed by atoms with Crippen molar-refractivity contribution in [3.05, 3.63) is 11.7 Å². The Bertz CT molecular complexity index is 302. The minimum atomic E-state index is -0.413. The number of β-amino-alcohol motifs (C(OH)–C–C–N with tert-alkyl or cyclic N) is 1. The molecule has 1 saturated heterocycles. The van der Waals surface area contributed by atoms with Crippen molar-refractivity contribution < 1.29 is 14.5 Å². The van der Waals surface area contributed by atoms with E-state index in [0.29, 0.717) is 31.4 Å². The van der Waals surface area contributed by atoms with Crippen LogP contribution in [0.4, 0.5) is 0 Å². The van der Waals surface area contributed by atoms with E-state index in [-0.39, 0.29) is 0 Å². The van der Waals surface area contributed by atoms with Gasteiger partial charge in [-0.05, 0) is 0 Å². The van der Waals surface area contributed by atoms with Crippen LogP contribution in [0, 0.1) is 0 Å². The van der Waals surface area contributed by atoms with E-state index in [1.54, 1.807) is 5.06 Å². The first-order valence-electron chi connectivity index (χ1n) is 4.65. The molecule has 1 fully saturated rings. The van der Waals surface area contributed by atoms with Crippen LogP contribution >= 0.6 is 0 Å². The number of aryl methyl sites for hydroxylation is 1. The first-order chi connectivity index (χ1) is 6.78. The largest absolute Gasteiger partial charge is 0.389 e. The number of aliphatic hydroxyl groups is 1. The maximum Gasteiger partial charge on any atom is 0.243 e. The Labute approximate surface area is 81.4 Å². The molecule has 1 unspecified atom stereocenters. The summed E-state index contributed by atoms with van der Waals surface area (Å²) in [5, 5.41) is 14.6. The minimum absolute atomic E-state index is 0.342. The Hall–Kier alpha value is -0.980. The maximum atomic E-state index is 9.20. The molecule has 0 spiro atoms. The summed E-state index contributed by atoms with van der Waals surface area (Å²) in [6.45, 7) is 3.23. The normalized spacial score (nSPS) is 23.1. The van der Waals surface area contributed by atoms with Gasteiger partial charge in [0.2, 0.25) is 5.89 Å². The second kappa shape index (κ2) is 4.04. The number of hydroxylamine groups is 2. The first kappa shape index (κ1) is 9.57. The zero-order valence-electron chi connectivity index (χ0n) is 8.01. The van der Waals surface area contributed by atoms with Crippen LogP contribution in [0.15, 0.2) is 4.52 Å². The van der Waals surface area contributed by atoms with Crippen molar-refractivity contribution in [3.8, 4) is 0 Å². The lowest BCUT2D eigenvalue weighted by atomic mass is 10.4. The molecule has 1 N–H and O–H groups in total. The lowest BCUT2D eigenvalue weighted by Crippen LogP contribution is -2.20. The third-order valence-corrected chi connectivity index (χ3v) is 2.00. The average Bonchev–Trinajstić information content (AvgIpc) is 2.76. The molecule has 0 radical (unpaired) electrons. The molecule has 2 rings (SSSR count). The van der Waals surface area contributed by atoms with Crippen LogP contribution in [-0.4, -0.2) is 39.6 Å². The standard InChI is InChI=1S/C8H13N3O3/c1-2-7-9-8(14-10-7)4-11-3-6(12)5-13-11/h6,12H,2-5H2,1H3. The Morgan fingerprint density at radius 3 is 3.07 bits per heavy atom. The van der Waals surface area contributed by atoms with E-state index < -0.39 is 6.10 Å². The topological polar surface area (TPSA) is 71.6 Å². The second-order valence-corrected chi connectivity index (χ2v) is 3.23. The predicted octanol–water partition coefficient (Wildman–Crippen LogP) is -0.260. The smallest absolute Gasteiger partial charge is 0.243 e. The third-order valence-electron chi connectivity index (χ3n) is 2.00. The van der Waals surface area contributed by atoms with Crippen molar-refractivity contribution in [2.24, 2.45) is 0 Å². The molecule has 78 valence electrons. The Morgan fingerprint density at radius 2 is 2.50 bits per heavy atom. The summed E-state index contributed by atoms with van der Waals surface area (Å²) in [6.07, 6.45) is 0.344. The first-order valence-corrected chi connectivity index (χ1v) is 4.65. The van der Waals surface area contributed by atoms with E-state index in [1.165, 1.54) is 0 Å². The van der Waals surface area contributed by atoms with Crippen LogP contribution in [0.3, 0.4) is 0 Å². The zero-order valence-corrected chi connectivity index (χ0v) is 8.01. The molecule has 2 heterocycles. The SMILES string of the molecule is CCc1noc(CN2CC(O)CO2)n1. The number of nitrogens with zero attached hydrogens (tertiary/aromatic N) is 3. The molecule has 1 aliphatic rings. The highest BCUT2D eigenvalue weighted by atomic mass is 16.7. The van der Waals surface area contributed by atoms with E-state index in [9.17, 15) is 5.11 Å². The van der Waals surface area contributed by atoms with Crippen molar-refractivity contribution in [3.63, 3.8) is 0 Å². The van der Waals surface area contributed by atoms with Crippen LogP contribution in [0.5, 0.6) is 0 Å². The fraction of sp³-hybridized carbons (Fsp3) is 0.750. The lowest BCUT2D eigenvalue weighted by molar-refractivity contribution is -0.122. The minimum Gasteiger partial charge on any atom is -0.389 e. The van der Waals surface area contributed by atoms with E-state index in [2.05, 4.69) is 10.1 Å². The lowest BCUT2D eigenvalue weighted by Gasteiger charge is -2.09. The monoisotopic (exact) mass is 199 g/mol. The van der Waals surface area contributed by atoms with Gasteiger partial charge in [0.15, 0.2) is 5.82 Å². The molecule has 0 saturated carbocycles. The predicted molar refractivity (Wildman–Crippen MR) is 46.0 cm³/mol. The van der Waals surface area contributed by atoms with Gasteiger partial charge in [-0.2, -0.15) is 10.0 Å². The average molecular weight is 199 g/mol. The highest BCUT2D eigenvalue weighted by molar-refractivity contribution is 4.85. The summed E-state index contributed by atoms with van der Waals surface area (Å²) in [5.74, 6) is 1.22. The molecule has 6 heteroatoms. The van der Waals surface area contributed by atoms with Crippen molar-refractivity contribution in [2.45, 2.75) is 26.0 Å². The molecular formula is C8H13N3O3. The number of aliphatic hydroxyl groups excluding tert-OH is 1. The fourth-order valence-electron chi connectivity index (χ4n) is 1.29. The molecule has 1 aliphatic heterocycles. The van der Waals surface area contributed by atoms with Crippen LogP contribution < -0.4 is 0 Å². The van der Waals surface area contributed by atoms with Gasteiger partial charge in [0.1, 0.15) is 6.54 Å². The van der Waals surface area contributed by atoms with Crippen LogP contribution in [-0.2, 0) is 17.8 Å². The van der Waals surface area contributed by atoms with E-state index >= 15 is 0 Å². The van der Waals surface area contributed by atoms with Gasteiger partial charge in [0.05, 0.1) is 19.3 Å².